The largest absolute Gasteiger partial charge is 0.342 e. The second-order valence-corrected chi connectivity index (χ2v) is 9.73. The van der Waals surface area contributed by atoms with Crippen molar-refractivity contribution in [2.45, 2.75) is 38.6 Å². The van der Waals surface area contributed by atoms with Crippen LogP contribution in [0.5, 0.6) is 0 Å². The Morgan fingerprint density at radius 3 is 2.74 bits per heavy atom. The number of amides is 1. The average Bonchev–Trinajstić information content (AvgIpc) is 3.46. The smallest absolute Gasteiger partial charge is 0.274 e. The summed E-state index contributed by atoms with van der Waals surface area (Å²) in [6.45, 7) is 2.53. The zero-order chi connectivity index (χ0) is 23.7. The van der Waals surface area contributed by atoms with E-state index < -0.39 is 0 Å². The van der Waals surface area contributed by atoms with Crippen molar-refractivity contribution in [2.24, 2.45) is 0 Å². The molecule has 1 aliphatic heterocycles. The number of halogens is 2. The minimum atomic E-state index is -0.315. The molecule has 1 aliphatic rings. The van der Waals surface area contributed by atoms with Crippen LogP contribution in [0.1, 0.15) is 40.6 Å². The summed E-state index contributed by atoms with van der Waals surface area (Å²) in [6, 6.07) is 12.5. The molecule has 3 heterocycles. The third-order valence-electron chi connectivity index (χ3n) is 6.12. The van der Waals surface area contributed by atoms with Crippen molar-refractivity contribution in [1.29, 1.82) is 0 Å². The molecule has 2 aromatic carbocycles. The number of nitrogens with zero attached hydrogens (tertiary/aromatic N) is 3. The third kappa shape index (κ3) is 4.63. The molecule has 0 bridgehead atoms. The van der Waals surface area contributed by atoms with Gasteiger partial charge in [0.2, 0.25) is 0 Å². The summed E-state index contributed by atoms with van der Waals surface area (Å²) in [5, 5.41) is 0.794. The number of aryl methyl sites for hydroxylation is 1. The van der Waals surface area contributed by atoms with Gasteiger partial charge < -0.3 is 9.88 Å². The SMILES string of the molecule is Cc1nc(C(=O)N2CCCC[C@H]2Cc2ncc(-c3cccc(F)c3)[nH]2)c(-c2ccc(F)cc2)s1. The number of nitrogens with one attached hydrogen (secondary N) is 1. The van der Waals surface area contributed by atoms with E-state index >= 15 is 0 Å². The summed E-state index contributed by atoms with van der Waals surface area (Å²) in [4.78, 5) is 28.7. The van der Waals surface area contributed by atoms with E-state index in [0.717, 1.165) is 51.8 Å². The topological polar surface area (TPSA) is 61.9 Å². The highest BCUT2D eigenvalue weighted by atomic mass is 32.1. The van der Waals surface area contributed by atoms with Gasteiger partial charge in [-0.25, -0.2) is 18.7 Å². The lowest BCUT2D eigenvalue weighted by Gasteiger charge is -2.35. The number of carbonyl (C=O) groups excluding carboxylic acids is 1. The number of rotatable bonds is 5. The van der Waals surface area contributed by atoms with Gasteiger partial charge in [0.15, 0.2) is 0 Å². The third-order valence-corrected chi connectivity index (χ3v) is 7.14. The summed E-state index contributed by atoms with van der Waals surface area (Å²) in [5.41, 5.74) is 2.68. The number of hydrogen-bond donors (Lipinski definition) is 1. The van der Waals surface area contributed by atoms with Gasteiger partial charge in [-0.1, -0.05) is 24.3 Å². The van der Waals surface area contributed by atoms with E-state index in [2.05, 4.69) is 15.0 Å². The van der Waals surface area contributed by atoms with Crippen LogP contribution in [0, 0.1) is 18.6 Å². The first-order valence-electron chi connectivity index (χ1n) is 11.3. The summed E-state index contributed by atoms with van der Waals surface area (Å²) in [5.74, 6) is 0.0423. The highest BCUT2D eigenvalue weighted by Crippen LogP contribution is 2.33. The molecule has 0 unspecified atom stereocenters. The predicted molar refractivity (Wildman–Crippen MR) is 129 cm³/mol. The Kier molecular flexibility index (Phi) is 6.24. The molecule has 2 aromatic heterocycles. The molecule has 0 radical (unpaired) electrons. The van der Waals surface area contributed by atoms with E-state index in [-0.39, 0.29) is 23.6 Å². The second-order valence-electron chi connectivity index (χ2n) is 8.52. The van der Waals surface area contributed by atoms with Gasteiger partial charge in [-0.15, -0.1) is 11.3 Å². The molecular weight excluding hydrogens is 454 g/mol. The zero-order valence-corrected chi connectivity index (χ0v) is 19.5. The van der Waals surface area contributed by atoms with Crippen molar-refractivity contribution < 1.29 is 13.6 Å². The van der Waals surface area contributed by atoms with Gasteiger partial charge in [0.1, 0.15) is 23.2 Å². The van der Waals surface area contributed by atoms with Gasteiger partial charge >= 0.3 is 0 Å². The van der Waals surface area contributed by atoms with Crippen LogP contribution in [-0.2, 0) is 6.42 Å². The minimum absolute atomic E-state index is 0.0177. The Morgan fingerprint density at radius 2 is 1.94 bits per heavy atom. The lowest BCUT2D eigenvalue weighted by Crippen LogP contribution is -2.45. The van der Waals surface area contributed by atoms with Gasteiger partial charge in [0, 0.05) is 24.6 Å². The van der Waals surface area contributed by atoms with Crippen LogP contribution >= 0.6 is 11.3 Å². The number of imidazole rings is 1. The standard InChI is InChI=1S/C26H24F2N4OS/c1-16-30-24(25(34-16)17-8-10-19(27)11-9-17)26(33)32-12-3-2-7-21(32)14-23-29-15-22(31-23)18-5-4-6-20(28)13-18/h4-6,8-11,13,15,21H,2-3,7,12,14H2,1H3,(H,29,31)/t21-/m0/s1. The number of carbonyl (C=O) groups is 1. The highest BCUT2D eigenvalue weighted by molar-refractivity contribution is 7.15. The van der Waals surface area contributed by atoms with Gasteiger partial charge in [0.25, 0.3) is 5.91 Å². The van der Waals surface area contributed by atoms with E-state index in [1.165, 1.54) is 35.6 Å². The zero-order valence-electron chi connectivity index (χ0n) is 18.7. The van der Waals surface area contributed by atoms with E-state index in [0.29, 0.717) is 18.7 Å². The number of piperidine rings is 1. The van der Waals surface area contributed by atoms with Crippen molar-refractivity contribution in [1.82, 2.24) is 19.9 Å². The van der Waals surface area contributed by atoms with Crippen molar-refractivity contribution in [3.05, 3.63) is 82.9 Å². The summed E-state index contributed by atoms with van der Waals surface area (Å²) < 4.78 is 27.0. The normalized spacial score (nSPS) is 16.1. The fraction of sp³-hybridized carbons (Fsp3) is 0.269. The molecule has 8 heteroatoms. The number of hydrogen-bond acceptors (Lipinski definition) is 4. The van der Waals surface area contributed by atoms with E-state index in [4.69, 9.17) is 0 Å². The van der Waals surface area contributed by atoms with Crippen molar-refractivity contribution in [3.8, 4) is 21.7 Å². The van der Waals surface area contributed by atoms with Crippen LogP contribution < -0.4 is 0 Å². The number of aromatic amines is 1. The fourth-order valence-corrected chi connectivity index (χ4v) is 5.39. The maximum atomic E-state index is 13.7. The van der Waals surface area contributed by atoms with Crippen LogP contribution in [0.25, 0.3) is 21.7 Å². The van der Waals surface area contributed by atoms with Gasteiger partial charge in [0.05, 0.1) is 21.8 Å². The highest BCUT2D eigenvalue weighted by Gasteiger charge is 2.31. The summed E-state index contributed by atoms with van der Waals surface area (Å²) in [7, 11) is 0. The molecule has 1 saturated heterocycles. The van der Waals surface area contributed by atoms with Gasteiger partial charge in [-0.3, -0.25) is 4.79 Å². The van der Waals surface area contributed by atoms with Gasteiger partial charge in [-0.05, 0) is 56.0 Å². The number of aromatic nitrogens is 3. The van der Waals surface area contributed by atoms with Crippen LogP contribution in [-0.4, -0.2) is 38.3 Å². The monoisotopic (exact) mass is 478 g/mol. The Morgan fingerprint density at radius 1 is 1.12 bits per heavy atom. The van der Waals surface area contributed by atoms with E-state index in [1.807, 2.05) is 17.9 Å². The number of likely N-dealkylation sites (tertiary alicyclic amines) is 1. The van der Waals surface area contributed by atoms with Crippen molar-refractivity contribution in [3.63, 3.8) is 0 Å². The molecule has 0 spiro atoms. The first-order chi connectivity index (χ1) is 16.5. The predicted octanol–water partition coefficient (Wildman–Crippen LogP) is 6.02. The molecular formula is C26H24F2N4OS. The molecule has 1 amide bonds. The van der Waals surface area contributed by atoms with Crippen molar-refractivity contribution >= 4 is 17.2 Å². The Balaban J connectivity index is 1.39. The molecule has 5 nitrogen and oxygen atoms in total. The molecule has 34 heavy (non-hydrogen) atoms. The molecule has 0 saturated carbocycles. The van der Waals surface area contributed by atoms with Crippen LogP contribution in [0.15, 0.2) is 54.7 Å². The molecule has 1 atom stereocenters. The van der Waals surface area contributed by atoms with Crippen molar-refractivity contribution in [2.75, 3.05) is 6.54 Å². The number of thiazole rings is 1. The maximum absolute atomic E-state index is 13.7. The fourth-order valence-electron chi connectivity index (χ4n) is 4.48. The Hall–Kier alpha value is -3.39. The quantitative estimate of drug-likeness (QED) is 0.381. The Labute approximate surface area is 200 Å². The van der Waals surface area contributed by atoms with E-state index in [1.54, 1.807) is 24.4 Å². The average molecular weight is 479 g/mol. The molecule has 0 aliphatic carbocycles. The number of H-pyrrole nitrogens is 1. The first kappa shape index (κ1) is 22.4. The lowest BCUT2D eigenvalue weighted by molar-refractivity contribution is 0.0606. The number of benzene rings is 2. The molecule has 1 fully saturated rings. The lowest BCUT2D eigenvalue weighted by atomic mass is 9.98. The second kappa shape index (κ2) is 9.46. The summed E-state index contributed by atoms with van der Waals surface area (Å²) >= 11 is 1.44. The summed E-state index contributed by atoms with van der Waals surface area (Å²) in [6.07, 6.45) is 5.12. The van der Waals surface area contributed by atoms with Gasteiger partial charge in [-0.2, -0.15) is 0 Å². The van der Waals surface area contributed by atoms with Crippen LogP contribution in [0.4, 0.5) is 8.78 Å². The van der Waals surface area contributed by atoms with E-state index in [9.17, 15) is 13.6 Å². The molecule has 5 rings (SSSR count). The minimum Gasteiger partial charge on any atom is -0.342 e. The van der Waals surface area contributed by atoms with Crippen LogP contribution in [0.2, 0.25) is 0 Å². The maximum Gasteiger partial charge on any atom is 0.274 e. The molecule has 1 N–H and O–H groups in total. The first-order valence-corrected chi connectivity index (χ1v) is 12.1. The Bertz CT molecular complexity index is 1310. The van der Waals surface area contributed by atoms with Crippen LogP contribution in [0.3, 0.4) is 0 Å². The molecule has 174 valence electrons. The molecule has 4 aromatic rings.